The van der Waals surface area contributed by atoms with Crippen LogP contribution in [0.25, 0.3) is 5.53 Å². The Morgan fingerprint density at radius 2 is 1.75 bits per heavy atom. The molecule has 1 aromatic carbocycles. The van der Waals surface area contributed by atoms with Gasteiger partial charge < -0.3 is 5.53 Å². The van der Waals surface area contributed by atoms with E-state index in [0.29, 0.717) is 18.4 Å². The Labute approximate surface area is 116 Å². The maximum absolute atomic E-state index is 11.8. The molecule has 0 bridgehead atoms. The predicted molar refractivity (Wildman–Crippen MR) is 72.7 cm³/mol. The first kappa shape index (κ1) is 13.5. The van der Waals surface area contributed by atoms with Crippen LogP contribution >= 0.6 is 0 Å². The molecule has 2 rings (SSSR count). The zero-order valence-electron chi connectivity index (χ0n) is 10.6. The SMILES string of the molecule is [N-]=[N+]=C1C(=O)C#Cc2ccccc2C#CCCCC1=O. The number of benzene rings is 1. The van der Waals surface area contributed by atoms with Crippen molar-refractivity contribution in [2.45, 2.75) is 19.3 Å². The molecule has 0 unspecified atom stereocenters. The summed E-state index contributed by atoms with van der Waals surface area (Å²) >= 11 is 0. The average molecular weight is 262 g/mol. The molecule has 1 aliphatic rings. The van der Waals surface area contributed by atoms with Gasteiger partial charge in [-0.3, -0.25) is 9.59 Å². The highest BCUT2D eigenvalue weighted by Crippen LogP contribution is 2.07. The second-order valence-electron chi connectivity index (χ2n) is 4.15. The van der Waals surface area contributed by atoms with Crippen LogP contribution in [0.5, 0.6) is 0 Å². The van der Waals surface area contributed by atoms with Crippen molar-refractivity contribution < 1.29 is 14.4 Å². The number of hydrogen-bond acceptors (Lipinski definition) is 2. The Hall–Kier alpha value is -2.94. The molecule has 4 heteroatoms. The van der Waals surface area contributed by atoms with E-state index in [1.807, 2.05) is 12.1 Å². The van der Waals surface area contributed by atoms with Crippen LogP contribution in [0.1, 0.15) is 30.4 Å². The molecular formula is C16H10N2O2. The average Bonchev–Trinajstić information content (AvgIpc) is 2.45. The minimum absolute atomic E-state index is 0.114. The van der Waals surface area contributed by atoms with Crippen LogP contribution in [-0.2, 0) is 9.59 Å². The Bertz CT molecular complexity index is 748. The molecule has 4 nitrogen and oxygen atoms in total. The second kappa shape index (κ2) is 6.29. The van der Waals surface area contributed by atoms with Gasteiger partial charge in [-0.2, -0.15) is 4.79 Å². The maximum atomic E-state index is 11.8. The standard InChI is InChI=1S/C16H10N2O2/c17-18-16-14(19)9-3-1-2-6-12-7-4-5-8-13(12)10-11-15(16)20/h4-5,7-8H,1,3,9H2. The van der Waals surface area contributed by atoms with Crippen molar-refractivity contribution >= 4 is 17.3 Å². The minimum Gasteiger partial charge on any atom is -0.360 e. The topological polar surface area (TPSA) is 70.5 Å². The number of ketones is 2. The van der Waals surface area contributed by atoms with Crippen molar-refractivity contribution in [1.29, 1.82) is 0 Å². The molecule has 0 aliphatic heterocycles. The lowest BCUT2D eigenvalue weighted by atomic mass is 10.0. The van der Waals surface area contributed by atoms with Crippen molar-refractivity contribution in [1.82, 2.24) is 0 Å². The van der Waals surface area contributed by atoms with Gasteiger partial charge in [0.15, 0.2) is 0 Å². The van der Waals surface area contributed by atoms with Gasteiger partial charge in [-0.15, -0.1) is 0 Å². The fraction of sp³-hybridized carbons (Fsp3) is 0.188. The second-order valence-corrected chi connectivity index (χ2v) is 4.15. The molecule has 96 valence electrons. The Morgan fingerprint density at radius 3 is 2.45 bits per heavy atom. The van der Waals surface area contributed by atoms with Gasteiger partial charge in [0, 0.05) is 24.0 Å². The highest BCUT2D eigenvalue weighted by Gasteiger charge is 2.27. The van der Waals surface area contributed by atoms with Crippen molar-refractivity contribution in [2.75, 3.05) is 0 Å². The van der Waals surface area contributed by atoms with Gasteiger partial charge in [-0.25, -0.2) is 0 Å². The molecule has 1 aliphatic carbocycles. The first-order chi connectivity index (χ1) is 9.72. The van der Waals surface area contributed by atoms with Crippen LogP contribution < -0.4 is 0 Å². The van der Waals surface area contributed by atoms with E-state index >= 15 is 0 Å². The molecule has 1 aromatic rings. The molecule has 0 amide bonds. The quantitative estimate of drug-likeness (QED) is 0.402. The van der Waals surface area contributed by atoms with Gasteiger partial charge in [-0.05, 0) is 24.5 Å². The molecular weight excluding hydrogens is 252 g/mol. The first-order valence-corrected chi connectivity index (χ1v) is 6.12. The summed E-state index contributed by atoms with van der Waals surface area (Å²) in [5.74, 6) is 9.65. The summed E-state index contributed by atoms with van der Waals surface area (Å²) in [4.78, 5) is 26.2. The largest absolute Gasteiger partial charge is 0.413 e. The number of fused-ring (bicyclic) bond motifs is 1. The van der Waals surface area contributed by atoms with E-state index in [9.17, 15) is 9.59 Å². The predicted octanol–water partition coefficient (Wildman–Crippen LogP) is 1.38. The summed E-state index contributed by atoms with van der Waals surface area (Å²) in [5.41, 5.74) is 9.62. The number of carbonyl (C=O) groups excluding carboxylic acids is 2. The third-order valence-electron chi connectivity index (χ3n) is 2.75. The van der Waals surface area contributed by atoms with Crippen LogP contribution in [0.2, 0.25) is 0 Å². The molecule has 20 heavy (non-hydrogen) atoms. The molecule has 0 spiro atoms. The van der Waals surface area contributed by atoms with E-state index in [-0.39, 0.29) is 6.42 Å². The van der Waals surface area contributed by atoms with Crippen molar-refractivity contribution in [3.05, 3.63) is 40.9 Å². The van der Waals surface area contributed by atoms with Gasteiger partial charge >= 0.3 is 11.5 Å². The van der Waals surface area contributed by atoms with Gasteiger partial charge in [0.1, 0.15) is 0 Å². The first-order valence-electron chi connectivity index (χ1n) is 6.12. The third kappa shape index (κ3) is 3.09. The number of rotatable bonds is 0. The van der Waals surface area contributed by atoms with E-state index in [0.717, 1.165) is 5.56 Å². The molecule has 0 aromatic heterocycles. The Kier molecular flexibility index (Phi) is 4.24. The molecule has 0 heterocycles. The lowest BCUT2D eigenvalue weighted by Gasteiger charge is -1.96. The van der Waals surface area contributed by atoms with Gasteiger partial charge in [-0.1, -0.05) is 29.9 Å². The Balaban J connectivity index is 2.49. The van der Waals surface area contributed by atoms with Gasteiger partial charge in [0.25, 0.3) is 0 Å². The molecule has 0 N–H and O–H groups in total. The molecule has 0 atom stereocenters. The lowest BCUT2D eigenvalue weighted by Crippen LogP contribution is -2.24. The summed E-state index contributed by atoms with van der Waals surface area (Å²) in [6.07, 6.45) is 1.15. The van der Waals surface area contributed by atoms with E-state index in [4.69, 9.17) is 5.53 Å². The fourth-order valence-electron chi connectivity index (χ4n) is 1.73. The number of nitrogens with zero attached hydrogens (tertiary/aromatic N) is 2. The zero-order chi connectivity index (χ0) is 14.4. The van der Waals surface area contributed by atoms with Crippen molar-refractivity contribution in [2.24, 2.45) is 0 Å². The van der Waals surface area contributed by atoms with Crippen LogP contribution in [0, 0.1) is 23.7 Å². The summed E-state index contributed by atoms with van der Waals surface area (Å²) < 4.78 is 0. The zero-order valence-corrected chi connectivity index (χ0v) is 10.6. The smallest absolute Gasteiger partial charge is 0.360 e. The number of carbonyl (C=O) groups is 2. The van der Waals surface area contributed by atoms with E-state index in [1.54, 1.807) is 12.1 Å². The summed E-state index contributed by atoms with van der Waals surface area (Å²) in [7, 11) is 0. The lowest BCUT2D eigenvalue weighted by molar-refractivity contribution is -0.122. The maximum Gasteiger partial charge on any atom is 0.413 e. The van der Waals surface area contributed by atoms with E-state index < -0.39 is 17.3 Å². The van der Waals surface area contributed by atoms with Crippen molar-refractivity contribution in [3.63, 3.8) is 0 Å². The van der Waals surface area contributed by atoms with E-state index in [2.05, 4.69) is 28.5 Å². The summed E-state index contributed by atoms with van der Waals surface area (Å²) in [6, 6.07) is 7.19. The van der Waals surface area contributed by atoms with E-state index in [1.165, 1.54) is 0 Å². The molecule has 0 saturated carbocycles. The van der Waals surface area contributed by atoms with Crippen LogP contribution in [0.15, 0.2) is 24.3 Å². The summed E-state index contributed by atoms with van der Waals surface area (Å²) in [5, 5.41) is 0. The van der Waals surface area contributed by atoms with Crippen LogP contribution in [0.4, 0.5) is 0 Å². The Morgan fingerprint density at radius 1 is 1.05 bits per heavy atom. The van der Waals surface area contributed by atoms with Gasteiger partial charge in [0.05, 0.1) is 0 Å². The fourth-order valence-corrected chi connectivity index (χ4v) is 1.73. The van der Waals surface area contributed by atoms with Crippen LogP contribution in [-0.4, -0.2) is 22.1 Å². The number of hydrogen-bond donors (Lipinski definition) is 0. The molecule has 0 radical (unpaired) electrons. The normalized spacial score (nSPS) is 14.5. The van der Waals surface area contributed by atoms with Crippen molar-refractivity contribution in [3.8, 4) is 23.7 Å². The van der Waals surface area contributed by atoms with Crippen LogP contribution in [0.3, 0.4) is 0 Å². The highest BCUT2D eigenvalue weighted by atomic mass is 16.1. The minimum atomic E-state index is -0.777. The monoisotopic (exact) mass is 262 g/mol. The number of Topliss-reactive ketones (excluding diaryl/α,β-unsaturated/α-hetero) is 2. The third-order valence-corrected chi connectivity index (χ3v) is 2.75. The summed E-state index contributed by atoms with van der Waals surface area (Å²) in [6.45, 7) is 0. The van der Waals surface area contributed by atoms with Gasteiger partial charge in [0.2, 0.25) is 5.78 Å². The molecule has 0 saturated heterocycles. The molecule has 0 fully saturated rings. The highest BCUT2D eigenvalue weighted by molar-refractivity contribution is 6.67.